The number of halogens is 1. The summed E-state index contributed by atoms with van der Waals surface area (Å²) < 4.78 is 34.1. The molecule has 0 atom stereocenters. The second kappa shape index (κ2) is 13.6. The maximum atomic E-state index is 14.5. The van der Waals surface area contributed by atoms with Gasteiger partial charge in [-0.2, -0.15) is 4.68 Å². The molecule has 41 heavy (non-hydrogen) atoms. The van der Waals surface area contributed by atoms with Crippen LogP contribution in [0.15, 0.2) is 56.7 Å². The van der Waals surface area contributed by atoms with Crippen molar-refractivity contribution in [3.63, 3.8) is 0 Å². The number of hydrogen-bond donors (Lipinski definition) is 0. The number of aromatic nitrogens is 2. The molecule has 12 heteroatoms. The molecule has 0 aliphatic carbocycles. The Morgan fingerprint density at radius 1 is 1.24 bits per heavy atom. The second-order valence-corrected chi connectivity index (χ2v) is 10.9. The Kier molecular flexibility index (Phi) is 10.0. The number of methoxy groups -OCH3 is 1. The molecule has 0 bridgehead atoms. The highest BCUT2D eigenvalue weighted by molar-refractivity contribution is 7.09. The van der Waals surface area contributed by atoms with E-state index >= 15 is 0 Å². The van der Waals surface area contributed by atoms with Crippen LogP contribution in [0.5, 0.6) is 5.75 Å². The van der Waals surface area contributed by atoms with Crippen molar-refractivity contribution in [1.82, 2.24) is 9.24 Å². The molecule has 1 saturated heterocycles. The van der Waals surface area contributed by atoms with Crippen molar-refractivity contribution in [2.75, 3.05) is 32.4 Å². The fraction of sp³-hybridized carbons (Fsp3) is 0.414. The van der Waals surface area contributed by atoms with E-state index in [1.807, 2.05) is 31.4 Å². The van der Waals surface area contributed by atoms with Crippen LogP contribution in [0.25, 0.3) is 12.0 Å². The first-order valence-electron chi connectivity index (χ1n) is 13.3. The second-order valence-electron chi connectivity index (χ2n) is 9.84. The van der Waals surface area contributed by atoms with E-state index in [1.54, 1.807) is 19.0 Å². The van der Waals surface area contributed by atoms with Crippen molar-refractivity contribution in [3.05, 3.63) is 84.6 Å². The van der Waals surface area contributed by atoms with Crippen molar-refractivity contribution in [3.8, 4) is 5.75 Å². The maximum absolute atomic E-state index is 14.5. The van der Waals surface area contributed by atoms with Gasteiger partial charge in [-0.15, -0.1) is 11.3 Å². The minimum Gasteiger partial charge on any atom is -0.496 e. The molecule has 3 heterocycles. The van der Waals surface area contributed by atoms with Gasteiger partial charge in [-0.05, 0) is 50.4 Å². The first kappa shape index (κ1) is 30.1. The topological polar surface area (TPSA) is 96.5 Å². The molecule has 0 unspecified atom stereocenters. The first-order chi connectivity index (χ1) is 19.7. The van der Waals surface area contributed by atoms with E-state index in [9.17, 15) is 14.0 Å². The van der Waals surface area contributed by atoms with Gasteiger partial charge in [-0.1, -0.05) is 11.2 Å². The van der Waals surface area contributed by atoms with Gasteiger partial charge >= 0.3 is 5.69 Å². The zero-order valence-corrected chi connectivity index (χ0v) is 24.7. The molecule has 4 rings (SSSR count). The van der Waals surface area contributed by atoms with Crippen LogP contribution in [0.2, 0.25) is 0 Å². The van der Waals surface area contributed by atoms with E-state index in [4.69, 9.17) is 19.0 Å². The van der Waals surface area contributed by atoms with Gasteiger partial charge in [0.2, 0.25) is 0 Å². The Hall–Kier alpha value is -3.90. The number of oxime groups is 1. The fourth-order valence-electron chi connectivity index (χ4n) is 4.27. The van der Waals surface area contributed by atoms with Crippen LogP contribution in [0, 0.1) is 5.82 Å². The molecule has 0 spiro atoms. The van der Waals surface area contributed by atoms with Gasteiger partial charge in [-0.25, -0.2) is 9.18 Å². The predicted molar refractivity (Wildman–Crippen MR) is 158 cm³/mol. The average molecular weight is 587 g/mol. The lowest BCUT2D eigenvalue weighted by molar-refractivity contribution is 0.0139. The van der Waals surface area contributed by atoms with Crippen LogP contribution < -0.4 is 21.0 Å². The Morgan fingerprint density at radius 3 is 2.66 bits per heavy atom. The molecule has 0 radical (unpaired) electrons. The molecule has 1 aliphatic rings. The van der Waals surface area contributed by atoms with Gasteiger partial charge in [0.1, 0.15) is 29.5 Å². The van der Waals surface area contributed by atoms with Gasteiger partial charge in [0.15, 0.2) is 0 Å². The molecule has 10 nitrogen and oxygen atoms in total. The number of hydrogen-bond acceptors (Lipinski definition) is 9. The molecular formula is C29H35FN4O6S. The SMILES string of the molecule is COc1ccc(F)cc1/C(=C/n1cc(/C(C)=N/OC(C)C)c(=O)n(N(C)Cc2cccs2)c1=O)OC1CCOCC1. The third-order valence-electron chi connectivity index (χ3n) is 6.33. The zero-order chi connectivity index (χ0) is 29.5. The van der Waals surface area contributed by atoms with Crippen LogP contribution in [0.4, 0.5) is 4.39 Å². The lowest BCUT2D eigenvalue weighted by atomic mass is 10.1. The monoisotopic (exact) mass is 586 g/mol. The molecule has 3 aromatic rings. The summed E-state index contributed by atoms with van der Waals surface area (Å²) >= 11 is 1.52. The standard InChI is InChI=1S/C29H35FN4O6S/c1-19(2)40-31-20(3)25-17-33(29(36)34(28(25)35)32(4)16-23-7-6-14-41-23)18-27(39-22-10-12-38-13-11-22)24-15-21(30)8-9-26(24)37-5/h6-9,14-15,17-19,22H,10-13,16H2,1-5H3/b27-18-,31-20+. The normalized spacial score (nSPS) is 14.8. The van der Waals surface area contributed by atoms with Crippen molar-refractivity contribution in [2.45, 2.75) is 52.4 Å². The quantitative estimate of drug-likeness (QED) is 0.188. The number of benzene rings is 1. The van der Waals surface area contributed by atoms with Crippen molar-refractivity contribution in [1.29, 1.82) is 0 Å². The lowest BCUT2D eigenvalue weighted by Crippen LogP contribution is -2.51. The summed E-state index contributed by atoms with van der Waals surface area (Å²) in [4.78, 5) is 33.9. The summed E-state index contributed by atoms with van der Waals surface area (Å²) in [7, 11) is 3.13. The predicted octanol–water partition coefficient (Wildman–Crippen LogP) is 4.29. The van der Waals surface area contributed by atoms with Crippen molar-refractivity contribution < 1.29 is 23.4 Å². The van der Waals surface area contributed by atoms with Crippen LogP contribution in [-0.2, 0) is 20.9 Å². The first-order valence-corrected chi connectivity index (χ1v) is 14.2. The Morgan fingerprint density at radius 2 is 2.00 bits per heavy atom. The zero-order valence-electron chi connectivity index (χ0n) is 23.8. The number of nitrogens with zero attached hydrogens (tertiary/aromatic N) is 4. The Balaban J connectivity index is 1.91. The molecule has 0 N–H and O–H groups in total. The maximum Gasteiger partial charge on any atom is 0.354 e. The minimum absolute atomic E-state index is 0.149. The summed E-state index contributed by atoms with van der Waals surface area (Å²) in [6.45, 7) is 6.64. The van der Waals surface area contributed by atoms with Gasteiger partial charge in [0.25, 0.3) is 5.56 Å². The van der Waals surface area contributed by atoms with E-state index in [1.165, 1.54) is 53.6 Å². The van der Waals surface area contributed by atoms with Crippen LogP contribution in [0.3, 0.4) is 0 Å². The van der Waals surface area contributed by atoms with Crippen molar-refractivity contribution in [2.24, 2.45) is 5.16 Å². The van der Waals surface area contributed by atoms with Gasteiger partial charge in [0, 0.05) is 31.0 Å². The van der Waals surface area contributed by atoms with E-state index in [0.29, 0.717) is 49.6 Å². The highest BCUT2D eigenvalue weighted by atomic mass is 32.1. The molecule has 1 aromatic carbocycles. The molecule has 1 aliphatic heterocycles. The summed E-state index contributed by atoms with van der Waals surface area (Å²) in [6.07, 6.45) is 3.64. The summed E-state index contributed by atoms with van der Waals surface area (Å²) in [5.41, 5.74) is -0.428. The lowest BCUT2D eigenvalue weighted by Gasteiger charge is -2.26. The van der Waals surface area contributed by atoms with Gasteiger partial charge in [0.05, 0.1) is 49.9 Å². The van der Waals surface area contributed by atoms with E-state index < -0.39 is 17.1 Å². The van der Waals surface area contributed by atoms with Crippen molar-refractivity contribution >= 4 is 29.0 Å². The highest BCUT2D eigenvalue weighted by Crippen LogP contribution is 2.31. The Labute approximate surface area is 241 Å². The fourth-order valence-corrected chi connectivity index (χ4v) is 5.02. The van der Waals surface area contributed by atoms with Crippen LogP contribution in [0.1, 0.15) is 49.6 Å². The molecule has 0 saturated carbocycles. The smallest absolute Gasteiger partial charge is 0.354 e. The largest absolute Gasteiger partial charge is 0.496 e. The summed E-state index contributed by atoms with van der Waals surface area (Å²) in [5, 5.41) is 7.58. The van der Waals surface area contributed by atoms with Gasteiger partial charge in [-0.3, -0.25) is 9.36 Å². The van der Waals surface area contributed by atoms with Gasteiger partial charge < -0.3 is 24.1 Å². The summed E-state index contributed by atoms with van der Waals surface area (Å²) in [6, 6.07) is 7.90. The molecular weight excluding hydrogens is 551 g/mol. The number of thiophene rings is 1. The molecule has 1 fully saturated rings. The third-order valence-corrected chi connectivity index (χ3v) is 7.20. The number of rotatable bonds is 11. The third kappa shape index (κ3) is 7.44. The average Bonchev–Trinajstić information content (AvgIpc) is 3.46. The van der Waals surface area contributed by atoms with Crippen LogP contribution in [-0.4, -0.2) is 54.5 Å². The minimum atomic E-state index is -0.640. The van der Waals surface area contributed by atoms with E-state index in [-0.39, 0.29) is 23.5 Å². The molecule has 0 amide bonds. The molecule has 220 valence electrons. The number of ether oxygens (including phenoxy) is 3. The Bertz CT molecular complexity index is 1510. The molecule has 2 aromatic heterocycles. The summed E-state index contributed by atoms with van der Waals surface area (Å²) in [5.74, 6) is 0.0781. The van der Waals surface area contributed by atoms with E-state index in [0.717, 1.165) is 9.55 Å². The highest BCUT2D eigenvalue weighted by Gasteiger charge is 2.22. The van der Waals surface area contributed by atoms with Crippen LogP contribution >= 0.6 is 11.3 Å². The van der Waals surface area contributed by atoms with E-state index in [2.05, 4.69) is 5.16 Å².